The lowest BCUT2D eigenvalue weighted by Gasteiger charge is -2.09. The third kappa shape index (κ3) is 2.43. The Hall–Kier alpha value is -2.20. The second kappa shape index (κ2) is 5.46. The van der Waals surface area contributed by atoms with Crippen LogP contribution in [0.5, 0.6) is 0 Å². The van der Waals surface area contributed by atoms with Crippen LogP contribution in [0.2, 0.25) is 0 Å². The summed E-state index contributed by atoms with van der Waals surface area (Å²) in [6, 6.07) is 8.69. The summed E-state index contributed by atoms with van der Waals surface area (Å²) in [5.74, 6) is 0. The second-order valence-corrected chi connectivity index (χ2v) is 6.50. The smallest absolute Gasteiger partial charge is 0.111 e. The molecule has 3 heterocycles. The third-order valence-corrected chi connectivity index (χ3v) is 4.87. The lowest BCUT2D eigenvalue weighted by molar-refractivity contribution is 0.589. The number of benzene rings is 1. The minimum atomic E-state index is 0.887. The Labute approximate surface area is 136 Å². The first-order valence-electron chi connectivity index (χ1n) is 8.29. The van der Waals surface area contributed by atoms with Crippen LogP contribution in [0.4, 0.5) is 0 Å². The Kier molecular flexibility index (Phi) is 3.42. The molecule has 2 aromatic heterocycles. The lowest BCUT2D eigenvalue weighted by atomic mass is 10.0. The van der Waals surface area contributed by atoms with Gasteiger partial charge in [0.1, 0.15) is 5.69 Å². The van der Waals surface area contributed by atoms with Crippen LogP contribution in [0, 0.1) is 20.8 Å². The molecule has 0 aliphatic carbocycles. The van der Waals surface area contributed by atoms with Gasteiger partial charge in [0.2, 0.25) is 0 Å². The fourth-order valence-electron chi connectivity index (χ4n) is 3.32. The summed E-state index contributed by atoms with van der Waals surface area (Å²) in [6.45, 7) is 9.38. The summed E-state index contributed by atoms with van der Waals surface area (Å²) in [6.07, 6.45) is 1.12. The zero-order valence-electron chi connectivity index (χ0n) is 14.0. The van der Waals surface area contributed by atoms with E-state index in [4.69, 9.17) is 10.1 Å². The van der Waals surface area contributed by atoms with Gasteiger partial charge in [-0.2, -0.15) is 5.10 Å². The van der Waals surface area contributed by atoms with Crippen LogP contribution < -0.4 is 5.32 Å². The summed E-state index contributed by atoms with van der Waals surface area (Å²) < 4.78 is 2.12. The Balaban J connectivity index is 1.87. The Morgan fingerprint density at radius 3 is 2.78 bits per heavy atom. The molecule has 4 nitrogen and oxygen atoms in total. The van der Waals surface area contributed by atoms with Gasteiger partial charge < -0.3 is 5.32 Å². The number of aryl methyl sites for hydroxylation is 4. The Morgan fingerprint density at radius 1 is 1.04 bits per heavy atom. The molecule has 4 rings (SSSR count). The number of nitrogens with one attached hydrogen (secondary N) is 1. The molecule has 0 atom stereocenters. The predicted molar refractivity (Wildman–Crippen MR) is 93.5 cm³/mol. The molecular formula is C19H22N4. The average molecular weight is 306 g/mol. The first kappa shape index (κ1) is 14.4. The van der Waals surface area contributed by atoms with E-state index in [1.54, 1.807) is 0 Å². The van der Waals surface area contributed by atoms with Crippen molar-refractivity contribution in [2.24, 2.45) is 0 Å². The molecule has 0 spiro atoms. The zero-order chi connectivity index (χ0) is 16.0. The maximum absolute atomic E-state index is 4.94. The molecule has 1 aliphatic heterocycles. The van der Waals surface area contributed by atoms with Crippen molar-refractivity contribution in [2.45, 2.75) is 40.3 Å². The molecule has 0 unspecified atom stereocenters. The van der Waals surface area contributed by atoms with Crippen molar-refractivity contribution in [3.05, 3.63) is 46.6 Å². The second-order valence-electron chi connectivity index (χ2n) is 6.50. The lowest BCUT2D eigenvalue weighted by Crippen LogP contribution is -2.11. The topological polar surface area (TPSA) is 42.7 Å². The molecule has 1 N–H and O–H groups in total. The SMILES string of the molecule is Cc1ccc2c(C)cc(-c3cc4n(n3)CCCNC4)nc2c1C. The molecule has 1 aromatic carbocycles. The van der Waals surface area contributed by atoms with Gasteiger partial charge in [0.25, 0.3) is 0 Å². The van der Waals surface area contributed by atoms with Crippen molar-refractivity contribution < 1.29 is 0 Å². The van der Waals surface area contributed by atoms with Crippen LogP contribution in [-0.2, 0) is 13.1 Å². The minimum absolute atomic E-state index is 0.887. The molecule has 0 saturated heterocycles. The number of fused-ring (bicyclic) bond motifs is 2. The normalized spacial score (nSPS) is 14.7. The number of pyridine rings is 1. The van der Waals surface area contributed by atoms with Gasteiger partial charge in [-0.3, -0.25) is 4.68 Å². The molecule has 1 aliphatic rings. The van der Waals surface area contributed by atoms with Crippen molar-refractivity contribution in [1.29, 1.82) is 0 Å². The summed E-state index contributed by atoms with van der Waals surface area (Å²) in [5.41, 5.74) is 8.11. The van der Waals surface area contributed by atoms with Crippen molar-refractivity contribution >= 4 is 10.9 Å². The highest BCUT2D eigenvalue weighted by molar-refractivity contribution is 5.87. The van der Waals surface area contributed by atoms with E-state index in [2.05, 4.69) is 55.0 Å². The Morgan fingerprint density at radius 2 is 1.91 bits per heavy atom. The van der Waals surface area contributed by atoms with E-state index in [0.29, 0.717) is 0 Å². The number of hydrogen-bond acceptors (Lipinski definition) is 3. The molecule has 118 valence electrons. The van der Waals surface area contributed by atoms with Gasteiger partial charge in [-0.25, -0.2) is 4.98 Å². The summed E-state index contributed by atoms with van der Waals surface area (Å²) in [7, 11) is 0. The Bertz CT molecular complexity index is 869. The fourth-order valence-corrected chi connectivity index (χ4v) is 3.32. The molecule has 0 saturated carbocycles. The summed E-state index contributed by atoms with van der Waals surface area (Å²) in [4.78, 5) is 4.94. The van der Waals surface area contributed by atoms with Crippen LogP contribution in [0.3, 0.4) is 0 Å². The first-order valence-corrected chi connectivity index (χ1v) is 8.29. The fraction of sp³-hybridized carbons (Fsp3) is 0.368. The molecule has 3 aromatic rings. The molecule has 4 heteroatoms. The summed E-state index contributed by atoms with van der Waals surface area (Å²) in [5, 5.41) is 9.48. The van der Waals surface area contributed by atoms with E-state index in [-0.39, 0.29) is 0 Å². The highest BCUT2D eigenvalue weighted by atomic mass is 15.3. The monoisotopic (exact) mass is 306 g/mol. The highest BCUT2D eigenvalue weighted by Gasteiger charge is 2.14. The maximum atomic E-state index is 4.94. The van der Waals surface area contributed by atoms with Crippen molar-refractivity contribution in [1.82, 2.24) is 20.1 Å². The molecule has 23 heavy (non-hydrogen) atoms. The van der Waals surface area contributed by atoms with Crippen LogP contribution >= 0.6 is 0 Å². The van der Waals surface area contributed by atoms with E-state index in [1.807, 2.05) is 0 Å². The van der Waals surface area contributed by atoms with Crippen LogP contribution in [-0.4, -0.2) is 21.3 Å². The molecule has 0 bridgehead atoms. The van der Waals surface area contributed by atoms with Crippen molar-refractivity contribution in [3.8, 4) is 11.4 Å². The van der Waals surface area contributed by atoms with Crippen LogP contribution in [0.25, 0.3) is 22.3 Å². The van der Waals surface area contributed by atoms with Gasteiger partial charge in [-0.15, -0.1) is 0 Å². The predicted octanol–water partition coefficient (Wildman–Crippen LogP) is 3.52. The minimum Gasteiger partial charge on any atom is -0.311 e. The van der Waals surface area contributed by atoms with Crippen molar-refractivity contribution in [3.63, 3.8) is 0 Å². The number of nitrogens with zero attached hydrogens (tertiary/aromatic N) is 3. The third-order valence-electron chi connectivity index (χ3n) is 4.87. The average Bonchev–Trinajstić information content (AvgIpc) is 2.82. The van der Waals surface area contributed by atoms with Gasteiger partial charge in [-0.05, 0) is 62.6 Å². The quantitative estimate of drug-likeness (QED) is 0.748. The van der Waals surface area contributed by atoms with Gasteiger partial charge in [0.15, 0.2) is 0 Å². The number of rotatable bonds is 1. The van der Waals surface area contributed by atoms with Gasteiger partial charge >= 0.3 is 0 Å². The van der Waals surface area contributed by atoms with E-state index >= 15 is 0 Å². The van der Waals surface area contributed by atoms with Gasteiger partial charge in [0, 0.05) is 18.5 Å². The number of hydrogen-bond donors (Lipinski definition) is 1. The van der Waals surface area contributed by atoms with Gasteiger partial charge in [-0.1, -0.05) is 12.1 Å². The molecule has 0 fully saturated rings. The standard InChI is InChI=1S/C19H22N4/c1-12-5-6-16-13(2)9-17(21-19(16)14(12)3)18-10-15-11-20-7-4-8-23(15)22-18/h5-6,9-10,20H,4,7-8,11H2,1-3H3. The summed E-state index contributed by atoms with van der Waals surface area (Å²) >= 11 is 0. The maximum Gasteiger partial charge on any atom is 0.111 e. The highest BCUT2D eigenvalue weighted by Crippen LogP contribution is 2.27. The molecular weight excluding hydrogens is 284 g/mol. The van der Waals surface area contributed by atoms with Crippen LogP contribution in [0.1, 0.15) is 28.8 Å². The zero-order valence-corrected chi connectivity index (χ0v) is 14.0. The molecule has 0 amide bonds. The van der Waals surface area contributed by atoms with Crippen LogP contribution in [0.15, 0.2) is 24.3 Å². The van der Waals surface area contributed by atoms with E-state index < -0.39 is 0 Å². The van der Waals surface area contributed by atoms with E-state index in [1.165, 1.54) is 27.8 Å². The van der Waals surface area contributed by atoms with E-state index in [9.17, 15) is 0 Å². The number of aromatic nitrogens is 3. The molecule has 0 radical (unpaired) electrons. The van der Waals surface area contributed by atoms with Gasteiger partial charge in [0.05, 0.1) is 16.9 Å². The largest absolute Gasteiger partial charge is 0.311 e. The first-order chi connectivity index (χ1) is 11.1. The van der Waals surface area contributed by atoms with E-state index in [0.717, 1.165) is 43.0 Å². The van der Waals surface area contributed by atoms with Crippen molar-refractivity contribution in [2.75, 3.05) is 6.54 Å².